The molecule has 3 rings (SSSR count). The molecule has 1 aliphatic rings. The summed E-state index contributed by atoms with van der Waals surface area (Å²) in [7, 11) is 0. The lowest BCUT2D eigenvalue weighted by atomic mass is 10.2. The maximum Gasteiger partial charge on any atom is 0.166 e. The van der Waals surface area contributed by atoms with Gasteiger partial charge in [0.25, 0.3) is 0 Å². The van der Waals surface area contributed by atoms with E-state index in [1.165, 1.54) is 0 Å². The van der Waals surface area contributed by atoms with Crippen molar-refractivity contribution in [2.45, 2.75) is 0 Å². The number of hydrogen-bond donors (Lipinski definition) is 1. The number of rotatable bonds is 1. The van der Waals surface area contributed by atoms with Gasteiger partial charge in [0.05, 0.1) is 11.4 Å². The Balaban J connectivity index is 2.06. The van der Waals surface area contributed by atoms with E-state index < -0.39 is 0 Å². The second-order valence-electron chi connectivity index (χ2n) is 3.73. The maximum absolute atomic E-state index is 5.76. The van der Waals surface area contributed by atoms with Crippen molar-refractivity contribution < 1.29 is 4.52 Å². The third-order valence-corrected chi connectivity index (χ3v) is 2.60. The van der Waals surface area contributed by atoms with E-state index in [-0.39, 0.29) is 0 Å². The molecule has 2 N–H and O–H groups in total. The van der Waals surface area contributed by atoms with Crippen molar-refractivity contribution >= 4 is 23.7 Å². The van der Waals surface area contributed by atoms with E-state index in [4.69, 9.17) is 10.3 Å². The minimum Gasteiger partial charge on any atom is -0.399 e. The third-order valence-electron chi connectivity index (χ3n) is 2.60. The van der Waals surface area contributed by atoms with Crippen LogP contribution in [0.1, 0.15) is 0 Å². The number of benzene rings is 1. The van der Waals surface area contributed by atoms with Gasteiger partial charge in [-0.1, -0.05) is 11.2 Å². The molecule has 0 saturated carbocycles. The van der Waals surface area contributed by atoms with Gasteiger partial charge in [0.15, 0.2) is 5.42 Å². The quantitative estimate of drug-likeness (QED) is 0.692. The molecule has 0 radical (unpaired) electrons. The summed E-state index contributed by atoms with van der Waals surface area (Å²) in [5, 5.41) is 4.75. The molecule has 1 aromatic carbocycles. The molecular formula is C12H11N3O. The van der Waals surface area contributed by atoms with Crippen molar-refractivity contribution in [3.63, 3.8) is 0 Å². The summed E-state index contributed by atoms with van der Waals surface area (Å²) < 4.78 is 5.08. The molecule has 1 aliphatic heterocycles. The molecule has 2 aromatic rings. The third kappa shape index (κ3) is 1.44. The second-order valence-corrected chi connectivity index (χ2v) is 3.73. The lowest BCUT2D eigenvalue weighted by Gasteiger charge is -2.20. The highest BCUT2D eigenvalue weighted by Gasteiger charge is 2.07. The van der Waals surface area contributed by atoms with Crippen LogP contribution in [0.5, 0.6) is 0 Å². The number of aromatic nitrogens is 1. The van der Waals surface area contributed by atoms with E-state index in [1.807, 2.05) is 36.5 Å². The van der Waals surface area contributed by atoms with E-state index in [1.54, 1.807) is 6.20 Å². The molecule has 1 aromatic heterocycles. The van der Waals surface area contributed by atoms with Gasteiger partial charge in [-0.15, -0.1) is 0 Å². The SMILES string of the molecule is Nc1cccc(N2C=c3cnoc3=CC2)c1. The Morgan fingerprint density at radius 2 is 2.31 bits per heavy atom. The molecular weight excluding hydrogens is 202 g/mol. The number of nitrogens with two attached hydrogens (primary N) is 1. The number of nitrogens with zero attached hydrogens (tertiary/aromatic N) is 2. The number of hydrogen-bond acceptors (Lipinski definition) is 4. The fraction of sp³-hybridized carbons (Fsp3) is 0.0833. The van der Waals surface area contributed by atoms with Gasteiger partial charge >= 0.3 is 0 Å². The molecule has 2 heterocycles. The first-order chi connectivity index (χ1) is 7.83. The Labute approximate surface area is 92.3 Å². The van der Waals surface area contributed by atoms with Crippen LogP contribution in [0.2, 0.25) is 0 Å². The predicted octanol–water partition coefficient (Wildman–Crippen LogP) is 0.295. The fourth-order valence-corrected chi connectivity index (χ4v) is 1.79. The average Bonchev–Trinajstić information content (AvgIpc) is 2.75. The molecule has 0 aliphatic carbocycles. The van der Waals surface area contributed by atoms with Crippen molar-refractivity contribution in [3.8, 4) is 0 Å². The maximum atomic E-state index is 5.76. The van der Waals surface area contributed by atoms with Crippen LogP contribution in [0.25, 0.3) is 12.3 Å². The van der Waals surface area contributed by atoms with Gasteiger partial charge in [0.2, 0.25) is 0 Å². The summed E-state index contributed by atoms with van der Waals surface area (Å²) in [5.74, 6) is 0. The highest BCUT2D eigenvalue weighted by Crippen LogP contribution is 2.18. The summed E-state index contributed by atoms with van der Waals surface area (Å²) in [6, 6.07) is 7.80. The Morgan fingerprint density at radius 3 is 3.19 bits per heavy atom. The molecule has 0 atom stereocenters. The second kappa shape index (κ2) is 3.41. The summed E-state index contributed by atoms with van der Waals surface area (Å²) in [6.45, 7) is 0.769. The van der Waals surface area contributed by atoms with Gasteiger partial charge < -0.3 is 15.2 Å². The van der Waals surface area contributed by atoms with E-state index >= 15 is 0 Å². The molecule has 4 nitrogen and oxygen atoms in total. The van der Waals surface area contributed by atoms with Gasteiger partial charge in [-0.25, -0.2) is 0 Å². The summed E-state index contributed by atoms with van der Waals surface area (Å²) in [4.78, 5) is 2.11. The lowest BCUT2D eigenvalue weighted by molar-refractivity contribution is 0.393. The van der Waals surface area contributed by atoms with Gasteiger partial charge in [-0.05, 0) is 24.3 Å². The van der Waals surface area contributed by atoms with Crippen molar-refractivity contribution in [2.75, 3.05) is 17.2 Å². The van der Waals surface area contributed by atoms with E-state index in [0.717, 1.165) is 28.6 Å². The summed E-state index contributed by atoms with van der Waals surface area (Å²) in [6.07, 6.45) is 5.73. The van der Waals surface area contributed by atoms with Crippen LogP contribution in [0.3, 0.4) is 0 Å². The van der Waals surface area contributed by atoms with Crippen LogP contribution in [0.15, 0.2) is 35.0 Å². The van der Waals surface area contributed by atoms with Crippen molar-refractivity contribution in [1.82, 2.24) is 5.16 Å². The molecule has 0 fully saturated rings. The first-order valence-corrected chi connectivity index (χ1v) is 5.08. The smallest absolute Gasteiger partial charge is 0.166 e. The van der Waals surface area contributed by atoms with Gasteiger partial charge in [-0.3, -0.25) is 0 Å². The molecule has 0 amide bonds. The monoisotopic (exact) mass is 213 g/mol. The van der Waals surface area contributed by atoms with Crippen molar-refractivity contribution in [2.24, 2.45) is 0 Å². The standard InChI is InChI=1S/C12H11N3O/c13-10-2-1-3-11(6-10)15-5-4-12-9(8-15)7-14-16-12/h1-4,6-8H,5,13H2. The topological polar surface area (TPSA) is 55.3 Å². The molecule has 0 bridgehead atoms. The normalized spacial score (nSPS) is 13.9. The molecule has 0 saturated heterocycles. The van der Waals surface area contributed by atoms with Crippen LogP contribution in [0, 0.1) is 0 Å². The minimum absolute atomic E-state index is 0.766. The number of nitrogen functional groups attached to an aromatic ring is 1. The largest absolute Gasteiger partial charge is 0.399 e. The molecule has 80 valence electrons. The predicted molar refractivity (Wildman–Crippen MR) is 62.9 cm³/mol. The van der Waals surface area contributed by atoms with Crippen molar-refractivity contribution in [1.29, 1.82) is 0 Å². The molecule has 0 spiro atoms. The Morgan fingerprint density at radius 1 is 1.38 bits per heavy atom. The Bertz CT molecular complexity index is 630. The fourth-order valence-electron chi connectivity index (χ4n) is 1.79. The first kappa shape index (κ1) is 9.03. The minimum atomic E-state index is 0.766. The van der Waals surface area contributed by atoms with E-state index in [2.05, 4.69) is 10.1 Å². The average molecular weight is 213 g/mol. The molecule has 16 heavy (non-hydrogen) atoms. The lowest BCUT2D eigenvalue weighted by Crippen LogP contribution is -2.32. The summed E-state index contributed by atoms with van der Waals surface area (Å²) in [5.41, 5.74) is 8.43. The number of anilines is 2. The zero-order valence-electron chi connectivity index (χ0n) is 8.63. The first-order valence-electron chi connectivity index (χ1n) is 5.08. The zero-order valence-corrected chi connectivity index (χ0v) is 8.63. The zero-order chi connectivity index (χ0) is 11.0. The van der Waals surface area contributed by atoms with E-state index in [9.17, 15) is 0 Å². The Kier molecular flexibility index (Phi) is 1.93. The van der Waals surface area contributed by atoms with Crippen LogP contribution in [-0.4, -0.2) is 11.7 Å². The van der Waals surface area contributed by atoms with Gasteiger partial charge in [0.1, 0.15) is 0 Å². The van der Waals surface area contributed by atoms with Gasteiger partial charge in [-0.2, -0.15) is 0 Å². The van der Waals surface area contributed by atoms with Crippen LogP contribution < -0.4 is 21.3 Å². The van der Waals surface area contributed by atoms with E-state index in [0.29, 0.717) is 0 Å². The summed E-state index contributed by atoms with van der Waals surface area (Å²) >= 11 is 0. The van der Waals surface area contributed by atoms with Crippen LogP contribution in [-0.2, 0) is 0 Å². The van der Waals surface area contributed by atoms with Gasteiger partial charge in [0, 0.05) is 24.1 Å². The highest BCUT2D eigenvalue weighted by molar-refractivity contribution is 5.66. The molecule has 4 heteroatoms. The molecule has 0 unspecified atom stereocenters. The van der Waals surface area contributed by atoms with Crippen LogP contribution >= 0.6 is 0 Å². The number of fused-ring (bicyclic) bond motifs is 1. The van der Waals surface area contributed by atoms with Crippen LogP contribution in [0.4, 0.5) is 11.4 Å². The van der Waals surface area contributed by atoms with Crippen molar-refractivity contribution in [3.05, 3.63) is 41.1 Å². The Hall–Kier alpha value is -2.23. The highest BCUT2D eigenvalue weighted by atomic mass is 16.5.